The van der Waals surface area contributed by atoms with Crippen LogP contribution in [0.25, 0.3) is 0 Å². The standard InChI is InChI=1S/C16H14BrNO/c17-14-6-3-4-12(10-14)11-16(19)18-9-8-13-5-1-2-7-15(13)18/h1-7,10H,8-9,11H2. The van der Waals surface area contributed by atoms with Gasteiger partial charge in [-0.15, -0.1) is 0 Å². The minimum Gasteiger partial charge on any atom is -0.312 e. The number of nitrogens with zero attached hydrogens (tertiary/aromatic N) is 1. The number of fused-ring (bicyclic) bond motifs is 1. The lowest BCUT2D eigenvalue weighted by molar-refractivity contribution is -0.117. The average molecular weight is 316 g/mol. The summed E-state index contributed by atoms with van der Waals surface area (Å²) in [6.07, 6.45) is 1.41. The van der Waals surface area contributed by atoms with Gasteiger partial charge in [0.1, 0.15) is 0 Å². The molecular weight excluding hydrogens is 302 g/mol. The van der Waals surface area contributed by atoms with Crippen molar-refractivity contribution in [3.63, 3.8) is 0 Å². The zero-order valence-corrected chi connectivity index (χ0v) is 12.1. The van der Waals surface area contributed by atoms with E-state index in [1.165, 1.54) is 5.56 Å². The normalized spacial score (nSPS) is 13.4. The largest absolute Gasteiger partial charge is 0.312 e. The summed E-state index contributed by atoms with van der Waals surface area (Å²) < 4.78 is 1.01. The second-order valence-electron chi connectivity index (χ2n) is 4.73. The molecule has 1 heterocycles. The maximum Gasteiger partial charge on any atom is 0.231 e. The first kappa shape index (κ1) is 12.4. The van der Waals surface area contributed by atoms with E-state index in [0.717, 1.165) is 28.7 Å². The lowest BCUT2D eigenvalue weighted by atomic mass is 10.1. The molecule has 1 aliphatic heterocycles. The molecule has 0 radical (unpaired) electrons. The quantitative estimate of drug-likeness (QED) is 0.829. The number of hydrogen-bond donors (Lipinski definition) is 0. The molecule has 2 aromatic rings. The Kier molecular flexibility index (Phi) is 3.38. The number of rotatable bonds is 2. The summed E-state index contributed by atoms with van der Waals surface area (Å²) in [5.74, 6) is 0.169. The third-order valence-corrected chi connectivity index (χ3v) is 3.93. The van der Waals surface area contributed by atoms with Crippen LogP contribution in [0.2, 0.25) is 0 Å². The van der Waals surface area contributed by atoms with E-state index < -0.39 is 0 Å². The Labute approximate surface area is 121 Å². The first-order valence-corrected chi connectivity index (χ1v) is 7.16. The number of carbonyl (C=O) groups excluding carboxylic acids is 1. The van der Waals surface area contributed by atoms with Crippen molar-refractivity contribution < 1.29 is 4.79 Å². The van der Waals surface area contributed by atoms with Gasteiger partial charge >= 0.3 is 0 Å². The molecule has 0 unspecified atom stereocenters. The Morgan fingerprint density at radius 3 is 2.84 bits per heavy atom. The van der Waals surface area contributed by atoms with Crippen molar-refractivity contribution in [2.75, 3.05) is 11.4 Å². The van der Waals surface area contributed by atoms with Gasteiger partial charge in [-0.2, -0.15) is 0 Å². The van der Waals surface area contributed by atoms with Crippen molar-refractivity contribution >= 4 is 27.5 Å². The van der Waals surface area contributed by atoms with E-state index in [2.05, 4.69) is 22.0 Å². The van der Waals surface area contributed by atoms with Crippen LogP contribution in [-0.2, 0) is 17.6 Å². The van der Waals surface area contributed by atoms with Crippen molar-refractivity contribution in [1.29, 1.82) is 0 Å². The summed E-state index contributed by atoms with van der Waals surface area (Å²) in [5.41, 5.74) is 3.39. The van der Waals surface area contributed by atoms with Gasteiger partial charge in [0, 0.05) is 16.7 Å². The second-order valence-corrected chi connectivity index (χ2v) is 5.65. The van der Waals surface area contributed by atoms with Gasteiger partial charge in [0.25, 0.3) is 0 Å². The number of carbonyl (C=O) groups is 1. The van der Waals surface area contributed by atoms with Crippen LogP contribution >= 0.6 is 15.9 Å². The van der Waals surface area contributed by atoms with Crippen molar-refractivity contribution in [2.45, 2.75) is 12.8 Å². The van der Waals surface area contributed by atoms with Crippen molar-refractivity contribution in [3.8, 4) is 0 Å². The lowest BCUT2D eigenvalue weighted by Gasteiger charge is -2.17. The minimum absolute atomic E-state index is 0.169. The van der Waals surface area contributed by atoms with Gasteiger partial charge in [-0.3, -0.25) is 4.79 Å². The Balaban J connectivity index is 1.79. The van der Waals surface area contributed by atoms with E-state index in [1.54, 1.807) is 0 Å². The fourth-order valence-corrected chi connectivity index (χ4v) is 2.96. The van der Waals surface area contributed by atoms with E-state index in [-0.39, 0.29) is 5.91 Å². The van der Waals surface area contributed by atoms with Gasteiger partial charge in [0.15, 0.2) is 0 Å². The van der Waals surface area contributed by atoms with Crippen LogP contribution in [0.3, 0.4) is 0 Å². The Morgan fingerprint density at radius 2 is 2.00 bits per heavy atom. The van der Waals surface area contributed by atoms with E-state index in [9.17, 15) is 4.79 Å². The number of halogens is 1. The van der Waals surface area contributed by atoms with Crippen molar-refractivity contribution in [3.05, 3.63) is 64.1 Å². The maximum atomic E-state index is 12.4. The molecule has 3 rings (SSSR count). The summed E-state index contributed by atoms with van der Waals surface area (Å²) in [6, 6.07) is 16.1. The Morgan fingerprint density at radius 1 is 1.16 bits per heavy atom. The molecule has 0 aromatic heterocycles. The van der Waals surface area contributed by atoms with Gasteiger partial charge in [-0.1, -0.05) is 46.3 Å². The molecule has 0 saturated carbocycles. The summed E-state index contributed by atoms with van der Waals surface area (Å²) >= 11 is 3.44. The number of hydrogen-bond acceptors (Lipinski definition) is 1. The molecule has 0 N–H and O–H groups in total. The van der Waals surface area contributed by atoms with E-state index >= 15 is 0 Å². The molecule has 0 saturated heterocycles. The molecule has 0 atom stereocenters. The highest BCUT2D eigenvalue weighted by atomic mass is 79.9. The first-order chi connectivity index (χ1) is 9.24. The first-order valence-electron chi connectivity index (χ1n) is 6.37. The van der Waals surface area contributed by atoms with Crippen molar-refractivity contribution in [2.24, 2.45) is 0 Å². The van der Waals surface area contributed by atoms with E-state index in [0.29, 0.717) is 6.42 Å². The molecule has 2 aromatic carbocycles. The molecule has 96 valence electrons. The summed E-state index contributed by atoms with van der Waals surface area (Å²) in [5, 5.41) is 0. The molecule has 3 heteroatoms. The summed E-state index contributed by atoms with van der Waals surface area (Å²) in [6.45, 7) is 0.798. The number of anilines is 1. The summed E-state index contributed by atoms with van der Waals surface area (Å²) in [7, 11) is 0. The van der Waals surface area contributed by atoms with Gasteiger partial charge in [0.05, 0.1) is 6.42 Å². The van der Waals surface area contributed by atoms with E-state index in [1.807, 2.05) is 47.4 Å². The molecule has 1 amide bonds. The molecule has 0 aliphatic carbocycles. The fraction of sp³-hybridized carbons (Fsp3) is 0.188. The predicted octanol–water partition coefficient (Wildman–Crippen LogP) is 3.58. The Bertz CT molecular complexity index is 624. The van der Waals surface area contributed by atoms with Crippen LogP contribution in [0.5, 0.6) is 0 Å². The number of benzene rings is 2. The molecule has 19 heavy (non-hydrogen) atoms. The zero-order valence-electron chi connectivity index (χ0n) is 10.5. The van der Waals surface area contributed by atoms with Crippen LogP contribution in [0.1, 0.15) is 11.1 Å². The van der Waals surface area contributed by atoms with Crippen LogP contribution < -0.4 is 4.90 Å². The van der Waals surface area contributed by atoms with Crippen molar-refractivity contribution in [1.82, 2.24) is 0 Å². The van der Waals surface area contributed by atoms with Gasteiger partial charge in [-0.05, 0) is 35.7 Å². The maximum absolute atomic E-state index is 12.4. The SMILES string of the molecule is O=C(Cc1cccc(Br)c1)N1CCc2ccccc21. The molecule has 0 spiro atoms. The fourth-order valence-electron chi connectivity index (χ4n) is 2.51. The topological polar surface area (TPSA) is 20.3 Å². The van der Waals surface area contributed by atoms with Gasteiger partial charge in [0.2, 0.25) is 5.91 Å². The smallest absolute Gasteiger partial charge is 0.231 e. The van der Waals surface area contributed by atoms with Crippen LogP contribution in [0, 0.1) is 0 Å². The third-order valence-electron chi connectivity index (χ3n) is 3.43. The monoisotopic (exact) mass is 315 g/mol. The number of para-hydroxylation sites is 1. The highest BCUT2D eigenvalue weighted by Gasteiger charge is 2.23. The molecule has 0 fully saturated rings. The highest BCUT2D eigenvalue weighted by molar-refractivity contribution is 9.10. The Hall–Kier alpha value is -1.61. The van der Waals surface area contributed by atoms with Gasteiger partial charge < -0.3 is 4.90 Å². The van der Waals surface area contributed by atoms with Crippen LogP contribution in [-0.4, -0.2) is 12.5 Å². The predicted molar refractivity (Wildman–Crippen MR) is 80.3 cm³/mol. The number of amides is 1. The minimum atomic E-state index is 0.169. The third kappa shape index (κ3) is 2.56. The molecular formula is C16H14BrNO. The average Bonchev–Trinajstić information content (AvgIpc) is 2.82. The highest BCUT2D eigenvalue weighted by Crippen LogP contribution is 2.28. The van der Waals surface area contributed by atoms with Gasteiger partial charge in [-0.25, -0.2) is 0 Å². The van der Waals surface area contributed by atoms with E-state index in [4.69, 9.17) is 0 Å². The summed E-state index contributed by atoms with van der Waals surface area (Å²) in [4.78, 5) is 14.3. The lowest BCUT2D eigenvalue weighted by Crippen LogP contribution is -2.30. The van der Waals surface area contributed by atoms with Crippen LogP contribution in [0.4, 0.5) is 5.69 Å². The molecule has 1 aliphatic rings. The molecule has 2 nitrogen and oxygen atoms in total. The van der Waals surface area contributed by atoms with Crippen LogP contribution in [0.15, 0.2) is 53.0 Å². The molecule has 0 bridgehead atoms. The second kappa shape index (κ2) is 5.17. The zero-order chi connectivity index (χ0) is 13.2.